The second-order valence-corrected chi connectivity index (χ2v) is 9.09. The highest BCUT2D eigenvalue weighted by Gasteiger charge is 2.16. The summed E-state index contributed by atoms with van der Waals surface area (Å²) in [7, 11) is 0. The molecule has 0 atom stereocenters. The lowest BCUT2D eigenvalue weighted by Gasteiger charge is -2.09. The lowest BCUT2D eigenvalue weighted by molar-refractivity contribution is -0.384. The standard InChI is InChI=1S/C24H21ClN4O4S/c1-14-4-6-20(7-5-14)33-21-10-18(9-19(11-21)29(31)32)26-24(30)22-8-17(13-34-22)12-28-16(3)23(25)15(2)27-28/h4-11,13H,12H2,1-3H3,(H,26,30). The third-order valence-corrected chi connectivity index (χ3v) is 6.64. The van der Waals surface area contributed by atoms with E-state index < -0.39 is 4.92 Å². The minimum atomic E-state index is -0.527. The van der Waals surface area contributed by atoms with E-state index in [4.69, 9.17) is 16.3 Å². The van der Waals surface area contributed by atoms with Crippen LogP contribution in [-0.2, 0) is 6.54 Å². The topological polar surface area (TPSA) is 99.3 Å². The molecule has 0 saturated carbocycles. The molecule has 0 aliphatic heterocycles. The largest absolute Gasteiger partial charge is 0.457 e. The number of amides is 1. The summed E-state index contributed by atoms with van der Waals surface area (Å²) in [5.41, 5.74) is 3.65. The minimum absolute atomic E-state index is 0.187. The van der Waals surface area contributed by atoms with Crippen molar-refractivity contribution in [2.24, 2.45) is 0 Å². The molecule has 2 aromatic heterocycles. The number of nitro groups is 1. The minimum Gasteiger partial charge on any atom is -0.457 e. The number of benzene rings is 2. The van der Waals surface area contributed by atoms with Gasteiger partial charge in [-0.3, -0.25) is 19.6 Å². The number of carbonyl (C=O) groups excluding carboxylic acids is 1. The van der Waals surface area contributed by atoms with E-state index in [1.807, 2.05) is 38.3 Å². The van der Waals surface area contributed by atoms with Crippen LogP contribution < -0.4 is 10.1 Å². The van der Waals surface area contributed by atoms with Gasteiger partial charge in [-0.2, -0.15) is 5.10 Å². The van der Waals surface area contributed by atoms with Crippen LogP contribution in [-0.4, -0.2) is 20.6 Å². The summed E-state index contributed by atoms with van der Waals surface area (Å²) in [4.78, 5) is 24.2. The highest BCUT2D eigenvalue weighted by atomic mass is 35.5. The zero-order chi connectivity index (χ0) is 24.4. The van der Waals surface area contributed by atoms with Gasteiger partial charge < -0.3 is 10.1 Å². The summed E-state index contributed by atoms with van der Waals surface area (Å²) in [6.07, 6.45) is 0. The molecule has 2 heterocycles. The molecule has 4 aromatic rings. The number of nitro benzene ring substituents is 1. The fourth-order valence-electron chi connectivity index (χ4n) is 3.33. The first-order valence-corrected chi connectivity index (χ1v) is 11.6. The Morgan fingerprint density at radius 2 is 1.88 bits per heavy atom. The maximum Gasteiger partial charge on any atom is 0.275 e. The van der Waals surface area contributed by atoms with Gasteiger partial charge >= 0.3 is 0 Å². The molecule has 0 aliphatic carbocycles. The Hall–Kier alpha value is -3.69. The van der Waals surface area contributed by atoms with Gasteiger partial charge in [-0.25, -0.2) is 0 Å². The normalized spacial score (nSPS) is 10.8. The van der Waals surface area contributed by atoms with Crippen LogP contribution in [0.25, 0.3) is 0 Å². The molecule has 0 radical (unpaired) electrons. The van der Waals surface area contributed by atoms with Crippen molar-refractivity contribution in [1.29, 1.82) is 0 Å². The number of nitrogens with one attached hydrogen (secondary N) is 1. The quantitative estimate of drug-likeness (QED) is 0.232. The predicted molar refractivity (Wildman–Crippen MR) is 132 cm³/mol. The smallest absolute Gasteiger partial charge is 0.275 e. The van der Waals surface area contributed by atoms with Gasteiger partial charge in [0, 0.05) is 12.1 Å². The molecule has 174 valence electrons. The highest BCUT2D eigenvalue weighted by Crippen LogP contribution is 2.30. The summed E-state index contributed by atoms with van der Waals surface area (Å²) < 4.78 is 7.56. The van der Waals surface area contributed by atoms with Crippen LogP contribution in [0.3, 0.4) is 0 Å². The molecule has 0 unspecified atom stereocenters. The first-order chi connectivity index (χ1) is 16.2. The molecule has 0 saturated heterocycles. The van der Waals surface area contributed by atoms with Gasteiger partial charge in [0.25, 0.3) is 11.6 Å². The Kier molecular flexibility index (Phi) is 6.67. The van der Waals surface area contributed by atoms with Crippen molar-refractivity contribution in [3.63, 3.8) is 0 Å². The molecule has 8 nitrogen and oxygen atoms in total. The van der Waals surface area contributed by atoms with Gasteiger partial charge in [0.05, 0.1) is 44.5 Å². The van der Waals surface area contributed by atoms with Crippen molar-refractivity contribution in [2.75, 3.05) is 5.32 Å². The van der Waals surface area contributed by atoms with Crippen LogP contribution in [0, 0.1) is 30.9 Å². The maximum atomic E-state index is 12.8. The number of anilines is 1. The summed E-state index contributed by atoms with van der Waals surface area (Å²) in [5.74, 6) is 0.418. The van der Waals surface area contributed by atoms with Crippen LogP contribution in [0.15, 0.2) is 53.9 Å². The van der Waals surface area contributed by atoms with E-state index >= 15 is 0 Å². The van der Waals surface area contributed by atoms with Crippen molar-refractivity contribution < 1.29 is 14.5 Å². The predicted octanol–water partition coefficient (Wildman–Crippen LogP) is 6.52. The highest BCUT2D eigenvalue weighted by molar-refractivity contribution is 7.12. The molecular weight excluding hydrogens is 476 g/mol. The zero-order valence-corrected chi connectivity index (χ0v) is 20.2. The first kappa shape index (κ1) is 23.5. The number of thiophene rings is 1. The maximum absolute atomic E-state index is 12.8. The Labute approximate surface area is 204 Å². The number of nitrogens with zero attached hydrogens (tertiary/aromatic N) is 3. The average Bonchev–Trinajstić information content (AvgIpc) is 3.36. The number of carbonyl (C=O) groups is 1. The average molecular weight is 497 g/mol. The molecule has 1 amide bonds. The molecule has 2 aromatic carbocycles. The Morgan fingerprint density at radius 1 is 1.15 bits per heavy atom. The van der Waals surface area contributed by atoms with E-state index in [1.165, 1.54) is 23.5 Å². The molecule has 1 N–H and O–H groups in total. The number of hydrogen-bond acceptors (Lipinski definition) is 6. The van der Waals surface area contributed by atoms with Gasteiger partial charge in [-0.15, -0.1) is 11.3 Å². The van der Waals surface area contributed by atoms with Gasteiger partial charge in [0.2, 0.25) is 0 Å². The van der Waals surface area contributed by atoms with Crippen LogP contribution in [0.5, 0.6) is 11.5 Å². The van der Waals surface area contributed by atoms with Gasteiger partial charge in [-0.05, 0) is 49.9 Å². The second kappa shape index (κ2) is 9.66. The summed E-state index contributed by atoms with van der Waals surface area (Å²) in [6, 6.07) is 13.2. The second-order valence-electron chi connectivity index (χ2n) is 7.80. The third kappa shape index (κ3) is 5.27. The van der Waals surface area contributed by atoms with Crippen molar-refractivity contribution in [2.45, 2.75) is 27.3 Å². The van der Waals surface area contributed by atoms with E-state index in [9.17, 15) is 14.9 Å². The number of ether oxygens (including phenoxy) is 1. The lowest BCUT2D eigenvalue weighted by atomic mass is 10.2. The summed E-state index contributed by atoms with van der Waals surface area (Å²) >= 11 is 7.49. The molecule has 10 heteroatoms. The number of aryl methyl sites for hydroxylation is 2. The van der Waals surface area contributed by atoms with Crippen molar-refractivity contribution >= 4 is 40.2 Å². The van der Waals surface area contributed by atoms with Crippen LogP contribution in [0.4, 0.5) is 11.4 Å². The van der Waals surface area contributed by atoms with Gasteiger partial charge in [-0.1, -0.05) is 29.3 Å². The summed E-state index contributed by atoms with van der Waals surface area (Å²) in [5, 5.41) is 21.1. The first-order valence-electron chi connectivity index (χ1n) is 10.3. The molecular formula is C24H21ClN4O4S. The lowest BCUT2D eigenvalue weighted by Crippen LogP contribution is -2.10. The third-order valence-electron chi connectivity index (χ3n) is 5.12. The Balaban J connectivity index is 1.52. The summed E-state index contributed by atoms with van der Waals surface area (Å²) in [6.45, 7) is 6.16. The van der Waals surface area contributed by atoms with E-state index in [1.54, 1.807) is 28.9 Å². The van der Waals surface area contributed by atoms with Crippen molar-refractivity contribution in [3.05, 3.63) is 96.4 Å². The van der Waals surface area contributed by atoms with Crippen LogP contribution in [0.2, 0.25) is 5.02 Å². The molecule has 0 fully saturated rings. The van der Waals surface area contributed by atoms with E-state index in [-0.39, 0.29) is 23.0 Å². The molecule has 4 rings (SSSR count). The number of hydrogen-bond donors (Lipinski definition) is 1. The molecule has 0 spiro atoms. The van der Waals surface area contributed by atoms with Crippen molar-refractivity contribution in [1.82, 2.24) is 9.78 Å². The fraction of sp³-hybridized carbons (Fsp3) is 0.167. The van der Waals surface area contributed by atoms with Crippen LogP contribution in [0.1, 0.15) is 32.2 Å². The van der Waals surface area contributed by atoms with Gasteiger partial charge in [0.1, 0.15) is 11.5 Å². The Morgan fingerprint density at radius 3 is 2.53 bits per heavy atom. The van der Waals surface area contributed by atoms with E-state index in [0.29, 0.717) is 22.2 Å². The number of rotatable bonds is 7. The van der Waals surface area contributed by atoms with Crippen LogP contribution >= 0.6 is 22.9 Å². The SMILES string of the molecule is Cc1ccc(Oc2cc(NC(=O)c3cc(Cn4nc(C)c(Cl)c4C)cs3)cc([N+](=O)[O-])c2)cc1. The number of non-ortho nitro benzene ring substituents is 1. The zero-order valence-electron chi connectivity index (χ0n) is 18.7. The number of halogens is 1. The van der Waals surface area contributed by atoms with Crippen molar-refractivity contribution in [3.8, 4) is 11.5 Å². The van der Waals surface area contributed by atoms with E-state index in [0.717, 1.165) is 22.5 Å². The molecule has 34 heavy (non-hydrogen) atoms. The van der Waals surface area contributed by atoms with Gasteiger partial charge in [0.15, 0.2) is 0 Å². The molecule has 0 bridgehead atoms. The molecule has 0 aliphatic rings. The number of aromatic nitrogens is 2. The monoisotopic (exact) mass is 496 g/mol. The fourth-order valence-corrected chi connectivity index (χ4v) is 4.27. The van der Waals surface area contributed by atoms with E-state index in [2.05, 4.69) is 10.4 Å². The Bertz CT molecular complexity index is 1380.